The molecule has 0 aromatic heterocycles. The van der Waals surface area contributed by atoms with Crippen LogP contribution in [0.2, 0.25) is 0 Å². The summed E-state index contributed by atoms with van der Waals surface area (Å²) >= 11 is 0. The monoisotopic (exact) mass is 452 g/mol. The van der Waals surface area contributed by atoms with Crippen LogP contribution in [0.1, 0.15) is 56.2 Å². The van der Waals surface area contributed by atoms with Crippen LogP contribution in [0.3, 0.4) is 0 Å². The molecule has 176 valence electrons. The van der Waals surface area contributed by atoms with Crippen LogP contribution in [0.4, 0.5) is 4.79 Å². The summed E-state index contributed by atoms with van der Waals surface area (Å²) in [6.45, 7) is 7.22. The van der Waals surface area contributed by atoms with Crippen LogP contribution >= 0.6 is 0 Å². The van der Waals surface area contributed by atoms with Crippen molar-refractivity contribution in [3.63, 3.8) is 0 Å². The van der Waals surface area contributed by atoms with Crippen LogP contribution in [-0.2, 0) is 16.1 Å². The van der Waals surface area contributed by atoms with Gasteiger partial charge in [-0.15, -0.1) is 0 Å². The van der Waals surface area contributed by atoms with Crippen LogP contribution in [0.15, 0.2) is 48.5 Å². The topological polar surface area (TPSA) is 99.1 Å². The maximum atomic E-state index is 12.5. The molecule has 7 nitrogen and oxygen atoms in total. The highest BCUT2D eigenvalue weighted by molar-refractivity contribution is 5.92. The number of amides is 2. The normalized spacial score (nSPS) is 14.9. The van der Waals surface area contributed by atoms with Crippen LogP contribution in [0.25, 0.3) is 6.08 Å². The van der Waals surface area contributed by atoms with Gasteiger partial charge in [0.2, 0.25) is 5.91 Å². The highest BCUT2D eigenvalue weighted by atomic mass is 16.6. The van der Waals surface area contributed by atoms with Gasteiger partial charge in [-0.2, -0.15) is 0 Å². The molecule has 3 N–H and O–H groups in total. The largest absolute Gasteiger partial charge is 0.504 e. The van der Waals surface area contributed by atoms with Crippen molar-refractivity contribution in [3.05, 3.63) is 65.2 Å². The summed E-state index contributed by atoms with van der Waals surface area (Å²) < 4.78 is 5.28. The third-order valence-electron chi connectivity index (χ3n) is 5.48. The smallest absolute Gasteiger partial charge is 0.407 e. The number of nitrogens with one attached hydrogen (secondary N) is 1. The Morgan fingerprint density at radius 3 is 2.48 bits per heavy atom. The predicted octanol–water partition coefficient (Wildman–Crippen LogP) is 4.54. The lowest BCUT2D eigenvalue weighted by molar-refractivity contribution is -0.126. The Morgan fingerprint density at radius 1 is 1.09 bits per heavy atom. The number of hydrogen-bond donors (Lipinski definition) is 3. The van der Waals surface area contributed by atoms with Gasteiger partial charge in [0, 0.05) is 25.7 Å². The third kappa shape index (κ3) is 7.27. The van der Waals surface area contributed by atoms with Crippen molar-refractivity contribution in [2.75, 3.05) is 13.1 Å². The Labute approximate surface area is 194 Å². The molecule has 0 radical (unpaired) electrons. The van der Waals surface area contributed by atoms with Gasteiger partial charge in [-0.1, -0.05) is 30.3 Å². The first-order valence-corrected chi connectivity index (χ1v) is 11.2. The Balaban J connectivity index is 1.51. The fraction of sp³-hybridized carbons (Fsp3) is 0.385. The number of nitrogens with zero attached hydrogens (tertiary/aromatic N) is 1. The van der Waals surface area contributed by atoms with Crippen molar-refractivity contribution in [1.82, 2.24) is 10.2 Å². The van der Waals surface area contributed by atoms with E-state index in [-0.39, 0.29) is 17.4 Å². The number of alkyl carbamates (subject to hydrolysis) is 1. The second-order valence-electron chi connectivity index (χ2n) is 9.28. The standard InChI is InChI=1S/C26H32N2O5/c1-26(2,3)33-25(32)27-17-19-5-4-6-21(15-19)20-11-13-28(14-12-20)24(31)10-8-18-7-9-22(29)23(30)16-18/h4-10,15-16,20,29-30H,11-14,17H2,1-3H3,(H,27,32). The number of piperidine rings is 1. The van der Waals surface area contributed by atoms with E-state index in [9.17, 15) is 19.8 Å². The van der Waals surface area contributed by atoms with Crippen molar-refractivity contribution < 1.29 is 24.5 Å². The van der Waals surface area contributed by atoms with Crippen molar-refractivity contribution in [2.45, 2.75) is 51.7 Å². The molecule has 3 rings (SSSR count). The number of carbonyl (C=O) groups is 2. The fourth-order valence-corrected chi connectivity index (χ4v) is 3.80. The van der Waals surface area contributed by atoms with Crippen molar-refractivity contribution in [3.8, 4) is 11.5 Å². The van der Waals surface area contributed by atoms with Gasteiger partial charge in [0.1, 0.15) is 5.60 Å². The summed E-state index contributed by atoms with van der Waals surface area (Å²) in [5, 5.41) is 21.7. The Kier molecular flexibility index (Phi) is 7.63. The first kappa shape index (κ1) is 24.2. The molecule has 0 saturated carbocycles. The molecular formula is C26H32N2O5. The zero-order valence-electron chi connectivity index (χ0n) is 19.4. The number of ether oxygens (including phenoxy) is 1. The van der Waals surface area contributed by atoms with E-state index >= 15 is 0 Å². The van der Waals surface area contributed by atoms with Crippen molar-refractivity contribution in [2.24, 2.45) is 0 Å². The molecule has 1 heterocycles. The van der Waals surface area contributed by atoms with Crippen LogP contribution in [0, 0.1) is 0 Å². The lowest BCUT2D eigenvalue weighted by Gasteiger charge is -2.31. The molecule has 0 spiro atoms. The average Bonchev–Trinajstić information content (AvgIpc) is 2.77. The Bertz CT molecular complexity index is 1020. The lowest BCUT2D eigenvalue weighted by atomic mass is 9.88. The minimum atomic E-state index is -0.529. The Hall–Kier alpha value is -3.48. The molecule has 0 aliphatic carbocycles. The van der Waals surface area contributed by atoms with E-state index in [1.165, 1.54) is 23.8 Å². The molecule has 7 heteroatoms. The third-order valence-corrected chi connectivity index (χ3v) is 5.48. The van der Waals surface area contributed by atoms with Crippen LogP contribution in [0.5, 0.6) is 11.5 Å². The molecule has 0 unspecified atom stereocenters. The van der Waals surface area contributed by atoms with E-state index in [0.29, 0.717) is 31.1 Å². The van der Waals surface area contributed by atoms with E-state index in [2.05, 4.69) is 17.4 Å². The second-order valence-corrected chi connectivity index (χ2v) is 9.28. The molecule has 1 aliphatic rings. The van der Waals surface area contributed by atoms with E-state index in [4.69, 9.17) is 4.74 Å². The predicted molar refractivity (Wildman–Crippen MR) is 127 cm³/mol. The van der Waals surface area contributed by atoms with Crippen molar-refractivity contribution in [1.29, 1.82) is 0 Å². The van der Waals surface area contributed by atoms with Gasteiger partial charge in [-0.3, -0.25) is 4.79 Å². The SMILES string of the molecule is CC(C)(C)OC(=O)NCc1cccc(C2CCN(C(=O)C=Cc3ccc(O)c(O)c3)CC2)c1. The minimum absolute atomic E-state index is 0.0728. The summed E-state index contributed by atoms with van der Waals surface area (Å²) in [5.74, 6) is -0.121. The van der Waals surface area contributed by atoms with Gasteiger partial charge in [0.25, 0.3) is 0 Å². The number of carbonyl (C=O) groups excluding carboxylic acids is 2. The average molecular weight is 453 g/mol. The molecule has 2 aromatic carbocycles. The molecular weight excluding hydrogens is 420 g/mol. The van der Waals surface area contributed by atoms with E-state index in [1.807, 2.05) is 37.8 Å². The first-order valence-electron chi connectivity index (χ1n) is 11.2. The number of hydrogen-bond acceptors (Lipinski definition) is 5. The summed E-state index contributed by atoms with van der Waals surface area (Å²) in [4.78, 5) is 26.3. The van der Waals surface area contributed by atoms with Crippen molar-refractivity contribution >= 4 is 18.1 Å². The molecule has 0 atom stereocenters. The quantitative estimate of drug-likeness (QED) is 0.457. The zero-order chi connectivity index (χ0) is 24.0. The summed E-state index contributed by atoms with van der Waals surface area (Å²) in [6.07, 6.45) is 4.42. The molecule has 0 bridgehead atoms. The number of likely N-dealkylation sites (tertiary alicyclic amines) is 1. The molecule has 1 fully saturated rings. The van der Waals surface area contributed by atoms with Gasteiger partial charge in [0.15, 0.2) is 11.5 Å². The van der Waals surface area contributed by atoms with E-state index < -0.39 is 11.7 Å². The summed E-state index contributed by atoms with van der Waals surface area (Å²) in [5.41, 5.74) is 2.33. The lowest BCUT2D eigenvalue weighted by Crippen LogP contribution is -2.36. The van der Waals surface area contributed by atoms with Crippen LogP contribution in [-0.4, -0.2) is 45.8 Å². The number of rotatable bonds is 5. The molecule has 33 heavy (non-hydrogen) atoms. The van der Waals surface area contributed by atoms with Crippen LogP contribution < -0.4 is 5.32 Å². The van der Waals surface area contributed by atoms with Gasteiger partial charge in [0.05, 0.1) is 0 Å². The van der Waals surface area contributed by atoms with Gasteiger partial charge >= 0.3 is 6.09 Å². The van der Waals surface area contributed by atoms with E-state index in [1.54, 1.807) is 12.1 Å². The first-order chi connectivity index (χ1) is 15.6. The maximum Gasteiger partial charge on any atom is 0.407 e. The number of phenolic OH excluding ortho intramolecular Hbond substituents is 2. The number of aromatic hydroxyl groups is 2. The molecule has 1 saturated heterocycles. The van der Waals surface area contributed by atoms with E-state index in [0.717, 1.165) is 18.4 Å². The summed E-state index contributed by atoms with van der Waals surface area (Å²) in [7, 11) is 0. The van der Waals surface area contributed by atoms with Gasteiger partial charge in [-0.25, -0.2) is 4.79 Å². The van der Waals surface area contributed by atoms with Gasteiger partial charge in [-0.05, 0) is 74.4 Å². The minimum Gasteiger partial charge on any atom is -0.504 e. The maximum absolute atomic E-state index is 12.5. The second kappa shape index (κ2) is 10.4. The number of benzene rings is 2. The number of phenols is 2. The zero-order valence-corrected chi connectivity index (χ0v) is 19.4. The Morgan fingerprint density at radius 2 is 1.82 bits per heavy atom. The van der Waals surface area contributed by atoms with Gasteiger partial charge < -0.3 is 25.2 Å². The fourth-order valence-electron chi connectivity index (χ4n) is 3.80. The molecule has 2 aromatic rings. The summed E-state index contributed by atoms with van der Waals surface area (Å²) in [6, 6.07) is 12.6. The highest BCUT2D eigenvalue weighted by Gasteiger charge is 2.23. The molecule has 1 aliphatic heterocycles. The molecule has 2 amide bonds. The highest BCUT2D eigenvalue weighted by Crippen LogP contribution is 2.29.